The SMILES string of the molecule is Cc1cc2ncc(N[C@@H](C)c3cc(NC(=O)c4ccc(C5CC5)nc4)ccc3F)nc2s1. The number of hydrogen-bond donors (Lipinski definition) is 2. The molecule has 6 nitrogen and oxygen atoms in total. The molecule has 1 aliphatic carbocycles. The number of halogens is 1. The summed E-state index contributed by atoms with van der Waals surface area (Å²) < 4.78 is 14.6. The van der Waals surface area contributed by atoms with Crippen LogP contribution < -0.4 is 10.6 Å². The van der Waals surface area contributed by atoms with Crippen LogP contribution in [0.5, 0.6) is 0 Å². The Hall–Kier alpha value is -3.39. The molecule has 0 bridgehead atoms. The molecule has 1 aromatic carbocycles. The Morgan fingerprint density at radius 3 is 2.75 bits per heavy atom. The van der Waals surface area contributed by atoms with Gasteiger partial charge in [-0.1, -0.05) is 0 Å². The monoisotopic (exact) mass is 447 g/mol. The number of aryl methyl sites for hydroxylation is 1. The minimum atomic E-state index is -0.376. The summed E-state index contributed by atoms with van der Waals surface area (Å²) in [7, 11) is 0. The van der Waals surface area contributed by atoms with Gasteiger partial charge in [0.2, 0.25) is 0 Å². The highest BCUT2D eigenvalue weighted by atomic mass is 32.1. The zero-order valence-corrected chi connectivity index (χ0v) is 18.5. The lowest BCUT2D eigenvalue weighted by molar-refractivity contribution is 0.102. The predicted molar refractivity (Wildman–Crippen MR) is 125 cm³/mol. The van der Waals surface area contributed by atoms with Crippen molar-refractivity contribution in [1.82, 2.24) is 15.0 Å². The van der Waals surface area contributed by atoms with Crippen LogP contribution >= 0.6 is 11.3 Å². The Bertz CT molecular complexity index is 1300. The number of amides is 1. The first kappa shape index (κ1) is 20.5. The molecule has 4 aromatic rings. The average Bonchev–Trinajstić information content (AvgIpc) is 3.56. The van der Waals surface area contributed by atoms with E-state index in [1.807, 2.05) is 26.0 Å². The molecule has 8 heteroatoms. The molecule has 2 N–H and O–H groups in total. The Morgan fingerprint density at radius 1 is 1.16 bits per heavy atom. The van der Waals surface area contributed by atoms with E-state index >= 15 is 0 Å². The maximum atomic E-state index is 14.6. The molecule has 1 saturated carbocycles. The molecule has 0 spiro atoms. The number of carbonyl (C=O) groups excluding carboxylic acids is 1. The van der Waals surface area contributed by atoms with Gasteiger partial charge in [-0.15, -0.1) is 11.3 Å². The first-order valence-electron chi connectivity index (χ1n) is 10.5. The molecule has 1 atom stereocenters. The topological polar surface area (TPSA) is 79.8 Å². The van der Waals surface area contributed by atoms with E-state index in [-0.39, 0.29) is 17.8 Å². The van der Waals surface area contributed by atoms with Crippen molar-refractivity contribution >= 4 is 39.1 Å². The van der Waals surface area contributed by atoms with Crippen molar-refractivity contribution in [2.24, 2.45) is 0 Å². The second kappa shape index (κ2) is 8.27. The molecule has 3 aromatic heterocycles. The summed E-state index contributed by atoms with van der Waals surface area (Å²) in [5.41, 5.74) is 3.29. The van der Waals surface area contributed by atoms with Crippen molar-refractivity contribution in [3.63, 3.8) is 0 Å². The van der Waals surface area contributed by atoms with Crippen LogP contribution in [-0.2, 0) is 0 Å². The number of aromatic nitrogens is 3. The third kappa shape index (κ3) is 4.31. The van der Waals surface area contributed by atoms with Gasteiger partial charge >= 0.3 is 0 Å². The first-order chi connectivity index (χ1) is 15.5. The summed E-state index contributed by atoms with van der Waals surface area (Å²) >= 11 is 1.56. The molecule has 0 radical (unpaired) electrons. The maximum Gasteiger partial charge on any atom is 0.257 e. The Labute approximate surface area is 189 Å². The molecule has 0 saturated heterocycles. The molecule has 1 aliphatic rings. The van der Waals surface area contributed by atoms with Crippen LogP contribution in [0.3, 0.4) is 0 Å². The van der Waals surface area contributed by atoms with E-state index in [9.17, 15) is 9.18 Å². The lowest BCUT2D eigenvalue weighted by Gasteiger charge is -2.17. The lowest BCUT2D eigenvalue weighted by atomic mass is 10.1. The van der Waals surface area contributed by atoms with Gasteiger partial charge in [0.15, 0.2) is 0 Å². The maximum absolute atomic E-state index is 14.6. The number of hydrogen-bond acceptors (Lipinski definition) is 6. The number of pyridine rings is 1. The molecule has 32 heavy (non-hydrogen) atoms. The quantitative estimate of drug-likeness (QED) is 0.388. The fourth-order valence-electron chi connectivity index (χ4n) is 3.62. The molecule has 3 heterocycles. The van der Waals surface area contributed by atoms with Gasteiger partial charge in [-0.3, -0.25) is 9.78 Å². The molecule has 1 amide bonds. The highest BCUT2D eigenvalue weighted by molar-refractivity contribution is 7.18. The van der Waals surface area contributed by atoms with Crippen LogP contribution in [0.4, 0.5) is 15.9 Å². The number of nitrogens with zero attached hydrogens (tertiary/aromatic N) is 3. The van der Waals surface area contributed by atoms with Gasteiger partial charge in [0.1, 0.15) is 22.0 Å². The van der Waals surface area contributed by atoms with Crippen molar-refractivity contribution in [2.45, 2.75) is 38.6 Å². The molecular formula is C24H22FN5OS. The van der Waals surface area contributed by atoms with E-state index in [1.54, 1.807) is 41.9 Å². The van der Waals surface area contributed by atoms with Crippen molar-refractivity contribution in [1.29, 1.82) is 0 Å². The number of carbonyl (C=O) groups is 1. The number of rotatable bonds is 6. The summed E-state index contributed by atoms with van der Waals surface area (Å²) in [6, 6.07) is 9.84. The van der Waals surface area contributed by atoms with Gasteiger partial charge in [0.05, 0.1) is 17.8 Å². The zero-order valence-electron chi connectivity index (χ0n) is 17.7. The molecular weight excluding hydrogens is 425 g/mol. The van der Waals surface area contributed by atoms with Crippen LogP contribution in [0.2, 0.25) is 0 Å². The normalized spacial score (nSPS) is 14.3. The fourth-order valence-corrected chi connectivity index (χ4v) is 4.45. The van der Waals surface area contributed by atoms with Crippen molar-refractivity contribution in [3.8, 4) is 0 Å². The van der Waals surface area contributed by atoms with Crippen molar-refractivity contribution in [2.75, 3.05) is 10.6 Å². The largest absolute Gasteiger partial charge is 0.362 e. The van der Waals surface area contributed by atoms with E-state index in [2.05, 4.69) is 25.6 Å². The Morgan fingerprint density at radius 2 is 2.00 bits per heavy atom. The van der Waals surface area contributed by atoms with E-state index in [0.29, 0.717) is 28.6 Å². The van der Waals surface area contributed by atoms with Crippen LogP contribution in [-0.4, -0.2) is 20.9 Å². The van der Waals surface area contributed by atoms with Crippen LogP contribution in [0.25, 0.3) is 10.3 Å². The van der Waals surface area contributed by atoms with E-state index < -0.39 is 0 Å². The number of nitrogens with one attached hydrogen (secondary N) is 2. The van der Waals surface area contributed by atoms with Gasteiger partial charge in [-0.25, -0.2) is 14.4 Å². The highest BCUT2D eigenvalue weighted by Crippen LogP contribution is 2.38. The smallest absolute Gasteiger partial charge is 0.257 e. The Balaban J connectivity index is 1.31. The fraction of sp³-hybridized carbons (Fsp3) is 0.250. The standard InChI is InChI=1S/C24H22FN5OS/c1-13-9-21-24(32-13)30-22(12-27-21)28-14(2)18-10-17(6-7-19(18)25)29-23(31)16-5-8-20(26-11-16)15-3-4-15/h5-12,14-15H,3-4H2,1-2H3,(H,28,30)(H,29,31)/t14-/m0/s1. The van der Waals surface area contributed by atoms with E-state index in [4.69, 9.17) is 0 Å². The van der Waals surface area contributed by atoms with E-state index in [0.717, 1.165) is 33.8 Å². The van der Waals surface area contributed by atoms with Crippen LogP contribution in [0.15, 0.2) is 48.8 Å². The summed E-state index contributed by atoms with van der Waals surface area (Å²) in [4.78, 5) is 28.0. The van der Waals surface area contributed by atoms with Crippen molar-refractivity contribution in [3.05, 3.63) is 76.3 Å². The summed E-state index contributed by atoms with van der Waals surface area (Å²) in [5, 5.41) is 6.04. The predicted octanol–water partition coefficient (Wildman–Crippen LogP) is 5.84. The third-order valence-electron chi connectivity index (χ3n) is 5.49. The molecule has 0 unspecified atom stereocenters. The van der Waals surface area contributed by atoms with Crippen LogP contribution in [0.1, 0.15) is 58.2 Å². The number of thiophene rings is 1. The van der Waals surface area contributed by atoms with E-state index in [1.165, 1.54) is 6.07 Å². The third-order valence-corrected chi connectivity index (χ3v) is 6.43. The van der Waals surface area contributed by atoms with Gasteiger partial charge in [0, 0.05) is 33.9 Å². The summed E-state index contributed by atoms with van der Waals surface area (Å²) in [6.07, 6.45) is 5.57. The van der Waals surface area contributed by atoms with Gasteiger partial charge in [0.25, 0.3) is 5.91 Å². The van der Waals surface area contributed by atoms with Crippen molar-refractivity contribution < 1.29 is 9.18 Å². The Kier molecular flexibility index (Phi) is 5.30. The number of anilines is 2. The van der Waals surface area contributed by atoms with Crippen LogP contribution in [0, 0.1) is 12.7 Å². The summed E-state index contributed by atoms with van der Waals surface area (Å²) in [5.74, 6) is 0.472. The summed E-state index contributed by atoms with van der Waals surface area (Å²) in [6.45, 7) is 3.85. The molecule has 5 rings (SSSR count). The van der Waals surface area contributed by atoms with Gasteiger partial charge in [-0.05, 0) is 63.1 Å². The lowest BCUT2D eigenvalue weighted by Crippen LogP contribution is -2.14. The minimum Gasteiger partial charge on any atom is -0.362 e. The second-order valence-electron chi connectivity index (χ2n) is 8.11. The number of fused-ring (bicyclic) bond motifs is 1. The zero-order chi connectivity index (χ0) is 22.2. The molecule has 1 fully saturated rings. The minimum absolute atomic E-state index is 0.276. The highest BCUT2D eigenvalue weighted by Gasteiger charge is 2.25. The molecule has 162 valence electrons. The first-order valence-corrected chi connectivity index (χ1v) is 11.3. The second-order valence-corrected chi connectivity index (χ2v) is 9.34. The number of benzene rings is 1. The van der Waals surface area contributed by atoms with Gasteiger partial charge in [-0.2, -0.15) is 0 Å². The molecule has 0 aliphatic heterocycles. The average molecular weight is 448 g/mol. The van der Waals surface area contributed by atoms with Gasteiger partial charge < -0.3 is 10.6 Å².